The maximum Gasteiger partial charge on any atom is 0.387 e. The summed E-state index contributed by atoms with van der Waals surface area (Å²) in [5, 5.41) is 11.9. The third-order valence-corrected chi connectivity index (χ3v) is 7.50. The number of carbonyl (C=O) groups is 1. The molecule has 5 rings (SSSR count). The van der Waals surface area contributed by atoms with Crippen molar-refractivity contribution in [1.82, 2.24) is 0 Å². The number of carbonyl (C=O) groups excluding carboxylic acids is 1. The molecule has 2 aromatic carbocycles. The summed E-state index contributed by atoms with van der Waals surface area (Å²) in [5.41, 5.74) is 7.40. The minimum absolute atomic E-state index is 0.0264. The highest BCUT2D eigenvalue weighted by atomic mass is 35.5. The first-order chi connectivity index (χ1) is 19.7. The van der Waals surface area contributed by atoms with Gasteiger partial charge in [0.1, 0.15) is 21.9 Å². The fourth-order valence-electron chi connectivity index (χ4n) is 4.14. The Morgan fingerprint density at radius 3 is 2.20 bits per heavy atom. The second-order valence-corrected chi connectivity index (χ2v) is 11.1. The molecular weight excluding hydrogens is 581 g/mol. The molecule has 2 aliphatic rings. The van der Waals surface area contributed by atoms with Crippen LogP contribution in [0.2, 0.25) is 10.0 Å². The van der Waals surface area contributed by atoms with Crippen LogP contribution in [0.1, 0.15) is 53.3 Å². The molecule has 2 aliphatic carbocycles. The van der Waals surface area contributed by atoms with Crippen LogP contribution >= 0.6 is 23.2 Å². The van der Waals surface area contributed by atoms with Crippen molar-refractivity contribution in [2.24, 2.45) is 11.8 Å². The molecule has 0 aliphatic heterocycles. The molecule has 2 N–H and O–H groups in total. The summed E-state index contributed by atoms with van der Waals surface area (Å²) >= 11 is 12.6. The zero-order valence-electron chi connectivity index (χ0n) is 21.9. The molecule has 1 heterocycles. The molecule has 1 aromatic heterocycles. The average Bonchev–Trinajstić information content (AvgIpc) is 3.84. The van der Waals surface area contributed by atoms with Crippen molar-refractivity contribution < 1.29 is 37.3 Å². The second kappa shape index (κ2) is 12.6. The van der Waals surface area contributed by atoms with Gasteiger partial charge in [-0.1, -0.05) is 29.3 Å². The molecule has 2 fully saturated rings. The number of halogens is 4. The van der Waals surface area contributed by atoms with E-state index in [1.807, 2.05) is 0 Å². The summed E-state index contributed by atoms with van der Waals surface area (Å²) in [6, 6.07) is 8.91. The Labute approximate surface area is 245 Å². The smallest absolute Gasteiger partial charge is 0.387 e. The van der Waals surface area contributed by atoms with Gasteiger partial charge in [0.25, 0.3) is 0 Å². The number of benzene rings is 2. The largest absolute Gasteiger partial charge is 0.619 e. The van der Waals surface area contributed by atoms with Crippen molar-refractivity contribution in [3.63, 3.8) is 0 Å². The lowest BCUT2D eigenvalue weighted by Gasteiger charge is -2.22. The van der Waals surface area contributed by atoms with E-state index in [0.29, 0.717) is 52.3 Å². The highest BCUT2D eigenvalue weighted by Gasteiger charge is 2.27. The molecule has 0 spiro atoms. The number of pyridine rings is 1. The Morgan fingerprint density at radius 2 is 1.59 bits per heavy atom. The molecule has 0 radical (unpaired) electrons. The number of esters is 1. The number of rotatable bonds is 13. The summed E-state index contributed by atoms with van der Waals surface area (Å²) in [6.45, 7) is -2.21. The normalized spacial score (nSPS) is 15.4. The number of ether oxygens (including phenoxy) is 4. The van der Waals surface area contributed by atoms with Gasteiger partial charge in [-0.3, -0.25) is 0 Å². The van der Waals surface area contributed by atoms with Gasteiger partial charge in [-0.05, 0) is 73.4 Å². The van der Waals surface area contributed by atoms with Gasteiger partial charge in [0.05, 0.1) is 24.5 Å². The summed E-state index contributed by atoms with van der Waals surface area (Å²) in [6.07, 6.45) is 5.40. The van der Waals surface area contributed by atoms with Gasteiger partial charge in [-0.15, -0.1) is 0 Å². The van der Waals surface area contributed by atoms with Crippen molar-refractivity contribution in [1.29, 1.82) is 0 Å². The molecule has 0 unspecified atom stereocenters. The van der Waals surface area contributed by atoms with Crippen molar-refractivity contribution in [3.8, 4) is 17.2 Å². The van der Waals surface area contributed by atoms with Gasteiger partial charge >= 0.3 is 12.6 Å². The molecule has 218 valence electrons. The number of anilines is 1. The predicted molar refractivity (Wildman–Crippen MR) is 148 cm³/mol. The lowest BCUT2D eigenvalue weighted by atomic mass is 10.0. The molecule has 8 nitrogen and oxygen atoms in total. The highest BCUT2D eigenvalue weighted by Crippen LogP contribution is 2.38. The Morgan fingerprint density at radius 1 is 0.951 bits per heavy atom. The molecule has 1 atom stereocenters. The van der Waals surface area contributed by atoms with Crippen LogP contribution in [0, 0.1) is 17.0 Å². The minimum atomic E-state index is -3.06. The van der Waals surface area contributed by atoms with Gasteiger partial charge < -0.3 is 29.9 Å². The lowest BCUT2D eigenvalue weighted by Crippen LogP contribution is -2.25. The highest BCUT2D eigenvalue weighted by molar-refractivity contribution is 6.35. The van der Waals surface area contributed by atoms with E-state index in [1.54, 1.807) is 6.07 Å². The third kappa shape index (κ3) is 7.83. The van der Waals surface area contributed by atoms with Crippen LogP contribution in [0.5, 0.6) is 17.2 Å². The van der Waals surface area contributed by atoms with E-state index in [2.05, 4.69) is 4.74 Å². The summed E-state index contributed by atoms with van der Waals surface area (Å²) < 4.78 is 48.8. The van der Waals surface area contributed by atoms with Crippen LogP contribution < -0.4 is 24.7 Å². The van der Waals surface area contributed by atoms with E-state index < -0.39 is 18.7 Å². The van der Waals surface area contributed by atoms with Gasteiger partial charge in [-0.25, -0.2) is 4.79 Å². The molecular formula is C29H28Cl2F2N2O6. The van der Waals surface area contributed by atoms with E-state index in [0.717, 1.165) is 38.1 Å². The minimum Gasteiger partial charge on any atom is -0.619 e. The number of hydrogen-bond donors (Lipinski definition) is 1. The van der Waals surface area contributed by atoms with Crippen molar-refractivity contribution in [2.45, 2.75) is 44.8 Å². The van der Waals surface area contributed by atoms with Crippen LogP contribution in [-0.2, 0) is 11.2 Å². The third-order valence-electron chi connectivity index (χ3n) is 6.84. The molecule has 41 heavy (non-hydrogen) atoms. The number of alkyl halides is 2. The zero-order chi connectivity index (χ0) is 29.1. The monoisotopic (exact) mass is 608 g/mol. The van der Waals surface area contributed by atoms with Crippen molar-refractivity contribution >= 4 is 34.9 Å². The summed E-state index contributed by atoms with van der Waals surface area (Å²) in [7, 11) is 0. The van der Waals surface area contributed by atoms with Crippen LogP contribution in [0.15, 0.2) is 48.8 Å². The fraction of sp³-hybridized carbons (Fsp3) is 0.379. The summed E-state index contributed by atoms with van der Waals surface area (Å²) in [5.74, 6) is 0.448. The van der Waals surface area contributed by atoms with Crippen LogP contribution in [0.25, 0.3) is 0 Å². The first-order valence-corrected chi connectivity index (χ1v) is 13.9. The molecule has 0 amide bonds. The Balaban J connectivity index is 1.45. The Bertz CT molecular complexity index is 1400. The number of nitrogens with two attached hydrogens (primary N) is 1. The van der Waals surface area contributed by atoms with E-state index >= 15 is 0 Å². The van der Waals surface area contributed by atoms with Gasteiger partial charge in [-0.2, -0.15) is 13.5 Å². The molecule has 0 bridgehead atoms. The zero-order valence-corrected chi connectivity index (χ0v) is 23.4. The number of hydrogen-bond acceptors (Lipinski definition) is 7. The van der Waals surface area contributed by atoms with Crippen LogP contribution in [-0.4, -0.2) is 25.8 Å². The fourth-order valence-corrected chi connectivity index (χ4v) is 4.74. The first-order valence-electron chi connectivity index (χ1n) is 13.2. The molecule has 12 heteroatoms. The predicted octanol–water partition coefficient (Wildman–Crippen LogP) is 6.53. The Kier molecular flexibility index (Phi) is 8.89. The molecule has 0 saturated heterocycles. The maximum atomic E-state index is 13.4. The topological polar surface area (TPSA) is 107 Å². The number of aromatic nitrogens is 1. The second-order valence-electron chi connectivity index (χ2n) is 10.2. The van der Waals surface area contributed by atoms with E-state index in [4.69, 9.17) is 43.1 Å². The number of nitrogen functional groups attached to an aromatic ring is 1. The first kappa shape index (κ1) is 29.0. The van der Waals surface area contributed by atoms with E-state index in [-0.39, 0.29) is 33.5 Å². The average molecular weight is 609 g/mol. The number of nitrogens with zero attached hydrogens (tertiary/aromatic N) is 1. The molecule has 3 aromatic rings. The van der Waals surface area contributed by atoms with E-state index in [9.17, 15) is 18.8 Å². The Hall–Kier alpha value is -3.50. The quantitative estimate of drug-likeness (QED) is 0.102. The standard InChI is InChI=1S/C29H28Cl2F2N2O6/c30-21-12-35(37)13-22(31)20(21)11-25(18-6-8-24(41-29(32)33)27(9-18)39-15-17-3-4-17)40-28(36)19-5-7-23(34)26(10-19)38-14-16-1-2-16/h5-10,12-13,16-17,25,29H,1-4,11,14-15,34H2/t25-/m0/s1. The van der Waals surface area contributed by atoms with Gasteiger partial charge in [0.15, 0.2) is 23.9 Å². The van der Waals surface area contributed by atoms with E-state index in [1.165, 1.54) is 30.3 Å². The molecule has 2 saturated carbocycles. The van der Waals surface area contributed by atoms with Crippen molar-refractivity contribution in [2.75, 3.05) is 18.9 Å². The van der Waals surface area contributed by atoms with Gasteiger partial charge in [0.2, 0.25) is 0 Å². The van der Waals surface area contributed by atoms with Crippen LogP contribution in [0.4, 0.5) is 14.5 Å². The summed E-state index contributed by atoms with van der Waals surface area (Å²) in [4.78, 5) is 13.4. The maximum absolute atomic E-state index is 13.4. The van der Waals surface area contributed by atoms with Crippen molar-refractivity contribution in [3.05, 3.63) is 80.7 Å². The SMILES string of the molecule is Nc1ccc(C(=O)O[C@@H](Cc2c(Cl)c[n+]([O-])cc2Cl)c2ccc(OC(F)F)c(OCC3CC3)c2)cc1OCC1CC1. The lowest BCUT2D eigenvalue weighted by molar-refractivity contribution is -0.605. The van der Waals surface area contributed by atoms with Gasteiger partial charge in [0, 0.05) is 12.0 Å². The van der Waals surface area contributed by atoms with Crippen LogP contribution in [0.3, 0.4) is 0 Å².